The van der Waals surface area contributed by atoms with Gasteiger partial charge >= 0.3 is 0 Å². The lowest BCUT2D eigenvalue weighted by atomic mass is 9.89. The molecule has 1 aromatic rings. The third-order valence-corrected chi connectivity index (χ3v) is 3.78. The van der Waals surface area contributed by atoms with E-state index in [2.05, 4.69) is 16.8 Å². The summed E-state index contributed by atoms with van der Waals surface area (Å²) in [5.74, 6) is 0.938. The van der Waals surface area contributed by atoms with E-state index in [1.165, 1.54) is 43.5 Å². The van der Waals surface area contributed by atoms with E-state index in [9.17, 15) is 0 Å². The lowest BCUT2D eigenvalue weighted by molar-refractivity contribution is 0.342. The van der Waals surface area contributed by atoms with Crippen LogP contribution in [0.3, 0.4) is 0 Å². The second-order valence-corrected chi connectivity index (χ2v) is 5.12. The van der Waals surface area contributed by atoms with Crippen LogP contribution in [0.2, 0.25) is 0 Å². The Labute approximate surface area is 90.5 Å². The summed E-state index contributed by atoms with van der Waals surface area (Å²) in [5, 5.41) is 6.67. The van der Waals surface area contributed by atoms with Gasteiger partial charge in [0, 0.05) is 16.8 Å². The van der Waals surface area contributed by atoms with E-state index in [1.54, 1.807) is 11.3 Å². The molecule has 0 saturated heterocycles. The van der Waals surface area contributed by atoms with Crippen LogP contribution in [-0.2, 0) is 6.54 Å². The summed E-state index contributed by atoms with van der Waals surface area (Å²) < 4.78 is 0. The van der Waals surface area contributed by atoms with Crippen LogP contribution >= 0.6 is 11.3 Å². The Kier molecular flexibility index (Phi) is 4.02. The normalized spacial score (nSPS) is 18.6. The maximum Gasteiger partial charge on any atom is 0.0446 e. The molecule has 1 heterocycles. The highest BCUT2D eigenvalue weighted by Crippen LogP contribution is 2.22. The maximum absolute atomic E-state index is 3.55. The Hall–Kier alpha value is -0.340. The molecule has 1 aliphatic rings. The Morgan fingerprint density at radius 3 is 2.93 bits per heavy atom. The minimum atomic E-state index is 0.938. The summed E-state index contributed by atoms with van der Waals surface area (Å²) in [7, 11) is 0. The standard InChI is InChI=1S/C12H18NS/c1-2-5-11(6-3-1)9-13-10-12-7-4-8-14-12/h4,7,11,13H,1-3,5-6,9-10H2. The molecule has 0 amide bonds. The molecule has 2 heteroatoms. The average Bonchev–Trinajstić information content (AvgIpc) is 2.72. The fraction of sp³-hybridized carbons (Fsp3) is 0.667. The van der Waals surface area contributed by atoms with Crippen molar-refractivity contribution in [3.63, 3.8) is 0 Å². The maximum atomic E-state index is 3.55. The van der Waals surface area contributed by atoms with Gasteiger partial charge in [0.2, 0.25) is 0 Å². The number of nitrogens with one attached hydrogen (secondary N) is 1. The summed E-state index contributed by atoms with van der Waals surface area (Å²) in [6.07, 6.45) is 7.21. The van der Waals surface area contributed by atoms with Gasteiger partial charge in [-0.05, 0) is 37.4 Å². The molecule has 1 aliphatic carbocycles. The van der Waals surface area contributed by atoms with Crippen LogP contribution in [0.5, 0.6) is 0 Å². The average molecular weight is 208 g/mol. The molecular formula is C12H18NS. The van der Waals surface area contributed by atoms with Gasteiger partial charge in [-0.15, -0.1) is 11.3 Å². The van der Waals surface area contributed by atoms with Gasteiger partial charge < -0.3 is 5.32 Å². The number of thiophene rings is 1. The predicted molar refractivity (Wildman–Crippen MR) is 61.4 cm³/mol. The van der Waals surface area contributed by atoms with Gasteiger partial charge in [-0.1, -0.05) is 19.3 Å². The SMILES string of the molecule is [c]1ccc(CNCC2CCCCC2)s1. The largest absolute Gasteiger partial charge is 0.312 e. The van der Waals surface area contributed by atoms with Crippen LogP contribution in [-0.4, -0.2) is 6.54 Å². The molecule has 0 bridgehead atoms. The van der Waals surface area contributed by atoms with E-state index in [0.29, 0.717) is 0 Å². The molecule has 1 radical (unpaired) electrons. The van der Waals surface area contributed by atoms with Crippen molar-refractivity contribution >= 4 is 11.3 Å². The minimum absolute atomic E-state index is 0.938. The van der Waals surface area contributed by atoms with Crippen molar-refractivity contribution in [1.29, 1.82) is 0 Å². The van der Waals surface area contributed by atoms with Gasteiger partial charge in [0.15, 0.2) is 0 Å². The smallest absolute Gasteiger partial charge is 0.0446 e. The fourth-order valence-corrected chi connectivity index (χ4v) is 2.75. The van der Waals surface area contributed by atoms with E-state index in [0.717, 1.165) is 12.5 Å². The molecule has 1 nitrogen and oxygen atoms in total. The van der Waals surface area contributed by atoms with Gasteiger partial charge in [-0.2, -0.15) is 0 Å². The summed E-state index contributed by atoms with van der Waals surface area (Å²) in [6.45, 7) is 2.24. The van der Waals surface area contributed by atoms with Crippen LogP contribution in [0.4, 0.5) is 0 Å². The quantitative estimate of drug-likeness (QED) is 0.801. The Morgan fingerprint density at radius 1 is 1.36 bits per heavy atom. The molecule has 1 aromatic heterocycles. The molecule has 14 heavy (non-hydrogen) atoms. The van der Waals surface area contributed by atoms with Crippen molar-refractivity contribution in [2.75, 3.05) is 6.54 Å². The van der Waals surface area contributed by atoms with Gasteiger partial charge in [0.05, 0.1) is 0 Å². The molecule has 1 fully saturated rings. The van der Waals surface area contributed by atoms with E-state index < -0.39 is 0 Å². The van der Waals surface area contributed by atoms with Gasteiger partial charge in [-0.3, -0.25) is 0 Å². The van der Waals surface area contributed by atoms with Crippen molar-refractivity contribution in [3.8, 4) is 0 Å². The topological polar surface area (TPSA) is 12.0 Å². The van der Waals surface area contributed by atoms with Crippen molar-refractivity contribution < 1.29 is 0 Å². The second kappa shape index (κ2) is 5.52. The Bertz CT molecular complexity index is 237. The Morgan fingerprint density at radius 2 is 2.21 bits per heavy atom. The number of rotatable bonds is 4. The Balaban J connectivity index is 1.62. The molecular weight excluding hydrogens is 190 g/mol. The minimum Gasteiger partial charge on any atom is -0.312 e. The zero-order valence-electron chi connectivity index (χ0n) is 8.59. The molecule has 0 aromatic carbocycles. The summed E-state index contributed by atoms with van der Waals surface area (Å²) >= 11 is 1.72. The van der Waals surface area contributed by atoms with Crippen LogP contribution in [0, 0.1) is 11.3 Å². The fourth-order valence-electron chi connectivity index (χ4n) is 2.16. The molecule has 0 unspecified atom stereocenters. The van der Waals surface area contributed by atoms with Crippen molar-refractivity contribution in [3.05, 3.63) is 22.4 Å². The lowest BCUT2D eigenvalue weighted by Gasteiger charge is -2.21. The van der Waals surface area contributed by atoms with E-state index in [-0.39, 0.29) is 0 Å². The zero-order valence-corrected chi connectivity index (χ0v) is 9.41. The van der Waals surface area contributed by atoms with Crippen LogP contribution < -0.4 is 5.32 Å². The highest BCUT2D eigenvalue weighted by molar-refractivity contribution is 7.09. The van der Waals surface area contributed by atoms with Crippen LogP contribution in [0.25, 0.3) is 0 Å². The summed E-state index contributed by atoms with van der Waals surface area (Å²) in [4.78, 5) is 1.40. The first-order valence-electron chi connectivity index (χ1n) is 5.60. The van der Waals surface area contributed by atoms with Gasteiger partial charge in [0.1, 0.15) is 0 Å². The predicted octanol–water partition coefficient (Wildman–Crippen LogP) is 3.22. The molecule has 0 aliphatic heterocycles. The molecule has 2 rings (SSSR count). The number of hydrogen-bond donors (Lipinski definition) is 1. The molecule has 0 spiro atoms. The van der Waals surface area contributed by atoms with Gasteiger partial charge in [-0.25, -0.2) is 0 Å². The molecule has 1 saturated carbocycles. The first-order valence-corrected chi connectivity index (χ1v) is 6.42. The van der Waals surface area contributed by atoms with E-state index >= 15 is 0 Å². The number of hydrogen-bond acceptors (Lipinski definition) is 2. The monoisotopic (exact) mass is 208 g/mol. The van der Waals surface area contributed by atoms with Crippen molar-refractivity contribution in [2.45, 2.75) is 38.6 Å². The second-order valence-electron chi connectivity index (χ2n) is 4.15. The molecule has 1 N–H and O–H groups in total. The highest BCUT2D eigenvalue weighted by atomic mass is 32.1. The van der Waals surface area contributed by atoms with E-state index in [1.807, 2.05) is 6.07 Å². The third kappa shape index (κ3) is 3.10. The zero-order chi connectivity index (χ0) is 9.64. The molecule has 77 valence electrons. The summed E-state index contributed by atoms with van der Waals surface area (Å²) in [5.41, 5.74) is 0. The van der Waals surface area contributed by atoms with Crippen LogP contribution in [0.15, 0.2) is 12.1 Å². The van der Waals surface area contributed by atoms with Crippen LogP contribution in [0.1, 0.15) is 37.0 Å². The van der Waals surface area contributed by atoms with Crippen molar-refractivity contribution in [1.82, 2.24) is 5.32 Å². The third-order valence-electron chi connectivity index (χ3n) is 2.98. The first-order chi connectivity index (χ1) is 6.95. The highest BCUT2D eigenvalue weighted by Gasteiger charge is 2.12. The molecule has 0 atom stereocenters. The van der Waals surface area contributed by atoms with Crippen molar-refractivity contribution in [2.24, 2.45) is 5.92 Å². The van der Waals surface area contributed by atoms with E-state index in [4.69, 9.17) is 0 Å². The lowest BCUT2D eigenvalue weighted by Crippen LogP contribution is -2.23. The first kappa shape index (κ1) is 10.2. The summed E-state index contributed by atoms with van der Waals surface area (Å²) in [6, 6.07) is 4.15. The van der Waals surface area contributed by atoms with Gasteiger partial charge in [0.25, 0.3) is 0 Å².